The van der Waals surface area contributed by atoms with Crippen molar-refractivity contribution in [2.24, 2.45) is 0 Å². The van der Waals surface area contributed by atoms with Gasteiger partial charge in [-0.25, -0.2) is 4.79 Å². The molecule has 1 unspecified atom stereocenters. The van der Waals surface area contributed by atoms with Crippen LogP contribution in [0, 0.1) is 0 Å². The van der Waals surface area contributed by atoms with E-state index in [0.717, 1.165) is 22.3 Å². The number of benzene rings is 2. The number of likely N-dealkylation sites (N-methyl/N-ethyl adjacent to an activating group) is 1. The lowest BCUT2D eigenvalue weighted by molar-refractivity contribution is -0.140. The Labute approximate surface area is 193 Å². The van der Waals surface area contributed by atoms with E-state index in [1.807, 2.05) is 81.4 Å². The molecule has 3 rings (SSSR count). The first-order chi connectivity index (χ1) is 15.6. The number of fused-ring (bicyclic) bond motifs is 3. The summed E-state index contributed by atoms with van der Waals surface area (Å²) in [6.07, 6.45) is -1.38. The fourth-order valence-electron chi connectivity index (χ4n) is 4.42. The number of rotatable bonds is 9. The zero-order valence-corrected chi connectivity index (χ0v) is 19.4. The quantitative estimate of drug-likeness (QED) is 0.539. The molecule has 0 fully saturated rings. The van der Waals surface area contributed by atoms with Crippen LogP contribution in [0.2, 0.25) is 0 Å². The van der Waals surface area contributed by atoms with Crippen molar-refractivity contribution in [1.82, 2.24) is 15.5 Å². The molecule has 8 heteroatoms. The molecule has 176 valence electrons. The zero-order valence-electron chi connectivity index (χ0n) is 19.4. The van der Waals surface area contributed by atoms with Crippen LogP contribution < -0.4 is 10.6 Å². The topological polar surface area (TPSA) is 108 Å². The van der Waals surface area contributed by atoms with Gasteiger partial charge in [0.25, 0.3) is 0 Å². The lowest BCUT2D eigenvalue weighted by atomic mass is 9.98. The molecule has 0 saturated carbocycles. The Morgan fingerprint density at radius 1 is 1.03 bits per heavy atom. The second kappa shape index (κ2) is 10.0. The van der Waals surface area contributed by atoms with Gasteiger partial charge in [-0.05, 0) is 50.2 Å². The summed E-state index contributed by atoms with van der Waals surface area (Å²) in [5.74, 6) is -1.90. The third-order valence-electron chi connectivity index (χ3n) is 5.50. The number of hydrogen-bond acceptors (Lipinski definition) is 5. The molecule has 0 aliphatic heterocycles. The second-order valence-electron chi connectivity index (χ2n) is 9.23. The molecule has 1 aliphatic carbocycles. The van der Waals surface area contributed by atoms with Gasteiger partial charge in [0, 0.05) is 18.0 Å². The third kappa shape index (κ3) is 6.10. The molecular formula is C25H31N3O5. The highest BCUT2D eigenvalue weighted by molar-refractivity contribution is 5.89. The smallest absolute Gasteiger partial charge is 0.407 e. The molecule has 0 heterocycles. The number of ether oxygens (including phenoxy) is 1. The summed E-state index contributed by atoms with van der Waals surface area (Å²) in [6, 6.07) is 14.7. The molecule has 33 heavy (non-hydrogen) atoms. The maximum Gasteiger partial charge on any atom is 0.407 e. The molecule has 0 aromatic heterocycles. The third-order valence-corrected chi connectivity index (χ3v) is 5.50. The second-order valence-corrected chi connectivity index (χ2v) is 9.23. The first-order valence-electron chi connectivity index (χ1n) is 10.9. The van der Waals surface area contributed by atoms with Crippen LogP contribution in [0.25, 0.3) is 11.1 Å². The maximum absolute atomic E-state index is 12.7. The van der Waals surface area contributed by atoms with Crippen LogP contribution in [0.15, 0.2) is 48.5 Å². The summed E-state index contributed by atoms with van der Waals surface area (Å²) in [4.78, 5) is 38.5. The summed E-state index contributed by atoms with van der Waals surface area (Å²) >= 11 is 0. The number of carbonyl (C=O) groups excluding carboxylic acids is 2. The highest BCUT2D eigenvalue weighted by Crippen LogP contribution is 2.44. The van der Waals surface area contributed by atoms with E-state index in [4.69, 9.17) is 4.74 Å². The van der Waals surface area contributed by atoms with Crippen molar-refractivity contribution in [3.05, 3.63) is 59.7 Å². The van der Waals surface area contributed by atoms with E-state index in [1.165, 1.54) is 0 Å². The first kappa shape index (κ1) is 24.3. The summed E-state index contributed by atoms with van der Waals surface area (Å²) in [6.45, 7) is 4.28. The van der Waals surface area contributed by atoms with Gasteiger partial charge in [-0.2, -0.15) is 0 Å². The minimum Gasteiger partial charge on any atom is -0.481 e. The Kier molecular flexibility index (Phi) is 7.38. The van der Waals surface area contributed by atoms with Crippen LogP contribution >= 0.6 is 0 Å². The molecule has 0 saturated heterocycles. The summed E-state index contributed by atoms with van der Waals surface area (Å²) in [5.41, 5.74) is 3.73. The molecule has 3 N–H and O–H groups in total. The van der Waals surface area contributed by atoms with E-state index < -0.39 is 36.0 Å². The average Bonchev–Trinajstić information content (AvgIpc) is 3.04. The van der Waals surface area contributed by atoms with Gasteiger partial charge >= 0.3 is 12.1 Å². The lowest BCUT2D eigenvalue weighted by Crippen LogP contribution is -2.56. The van der Waals surface area contributed by atoms with E-state index in [0.29, 0.717) is 6.54 Å². The van der Waals surface area contributed by atoms with Gasteiger partial charge in [0.2, 0.25) is 5.91 Å². The van der Waals surface area contributed by atoms with Crippen LogP contribution in [0.5, 0.6) is 0 Å². The van der Waals surface area contributed by atoms with Gasteiger partial charge in [0.1, 0.15) is 12.6 Å². The fourth-order valence-corrected chi connectivity index (χ4v) is 4.42. The lowest BCUT2D eigenvalue weighted by Gasteiger charge is -2.31. The Morgan fingerprint density at radius 2 is 1.58 bits per heavy atom. The molecule has 2 aromatic carbocycles. The molecule has 2 amide bonds. The van der Waals surface area contributed by atoms with E-state index >= 15 is 0 Å². The molecule has 0 radical (unpaired) electrons. The average molecular weight is 454 g/mol. The predicted octanol–water partition coefficient (Wildman–Crippen LogP) is 2.82. The minimum absolute atomic E-state index is 0.0768. The number of amides is 2. The Morgan fingerprint density at radius 3 is 2.09 bits per heavy atom. The van der Waals surface area contributed by atoms with Gasteiger partial charge in [0.15, 0.2) is 0 Å². The van der Waals surface area contributed by atoms with Crippen molar-refractivity contribution >= 4 is 18.0 Å². The van der Waals surface area contributed by atoms with E-state index in [2.05, 4.69) is 10.6 Å². The van der Waals surface area contributed by atoms with E-state index in [1.54, 1.807) is 0 Å². The maximum atomic E-state index is 12.7. The molecule has 8 nitrogen and oxygen atoms in total. The molecule has 1 aliphatic rings. The SMILES string of the molecule is CN(C)CC(C)(C)NC(=O)C(CC(=O)O)NC(=O)OCC1c2ccccc2-c2ccccc21. The zero-order chi connectivity index (χ0) is 24.2. The molecule has 2 aromatic rings. The molecule has 0 bridgehead atoms. The number of hydrogen-bond donors (Lipinski definition) is 3. The standard InChI is InChI=1S/C25H31N3O5/c1-25(2,15-28(3)4)27-23(31)21(13-22(29)30)26-24(32)33-14-20-18-11-7-5-9-16(18)17-10-6-8-12-19(17)20/h5-12,20-21H,13-15H2,1-4H3,(H,26,32)(H,27,31)(H,29,30). The number of carboxylic acids is 1. The highest BCUT2D eigenvalue weighted by atomic mass is 16.5. The fraction of sp³-hybridized carbons (Fsp3) is 0.400. The van der Waals surface area contributed by atoms with Gasteiger partial charge in [0.05, 0.1) is 6.42 Å². The number of carbonyl (C=O) groups is 3. The van der Waals surface area contributed by atoms with Crippen molar-refractivity contribution < 1.29 is 24.2 Å². The summed E-state index contributed by atoms with van der Waals surface area (Å²) in [7, 11) is 3.75. The number of nitrogens with zero attached hydrogens (tertiary/aromatic N) is 1. The van der Waals surface area contributed by atoms with Crippen molar-refractivity contribution in [1.29, 1.82) is 0 Å². The van der Waals surface area contributed by atoms with Crippen LogP contribution in [0.1, 0.15) is 37.3 Å². The predicted molar refractivity (Wildman–Crippen MR) is 125 cm³/mol. The van der Waals surface area contributed by atoms with E-state index in [-0.39, 0.29) is 12.5 Å². The Hall–Kier alpha value is -3.39. The summed E-state index contributed by atoms with van der Waals surface area (Å²) in [5, 5.41) is 14.5. The molecule has 0 spiro atoms. The van der Waals surface area contributed by atoms with Crippen molar-refractivity contribution in [2.75, 3.05) is 27.2 Å². The highest BCUT2D eigenvalue weighted by Gasteiger charge is 2.32. The minimum atomic E-state index is -1.25. The van der Waals surface area contributed by atoms with Crippen LogP contribution in [-0.4, -0.2) is 66.8 Å². The van der Waals surface area contributed by atoms with Gasteiger partial charge in [-0.15, -0.1) is 0 Å². The number of alkyl carbamates (subject to hydrolysis) is 1. The Bertz CT molecular complexity index is 989. The Balaban J connectivity index is 1.66. The number of nitrogens with one attached hydrogen (secondary N) is 2. The molecular weight excluding hydrogens is 422 g/mol. The first-order valence-corrected chi connectivity index (χ1v) is 10.9. The van der Waals surface area contributed by atoms with Crippen molar-refractivity contribution in [3.8, 4) is 11.1 Å². The monoisotopic (exact) mass is 453 g/mol. The van der Waals surface area contributed by atoms with Crippen molar-refractivity contribution in [2.45, 2.75) is 37.8 Å². The van der Waals surface area contributed by atoms with Crippen molar-refractivity contribution in [3.63, 3.8) is 0 Å². The normalized spacial score (nSPS) is 13.7. The summed E-state index contributed by atoms with van der Waals surface area (Å²) < 4.78 is 5.47. The van der Waals surface area contributed by atoms with Crippen LogP contribution in [-0.2, 0) is 14.3 Å². The van der Waals surface area contributed by atoms with Crippen LogP contribution in [0.3, 0.4) is 0 Å². The number of carboxylic acid groups (broad SMARTS) is 1. The molecule has 1 atom stereocenters. The van der Waals surface area contributed by atoms with Crippen LogP contribution in [0.4, 0.5) is 4.79 Å². The number of aliphatic carboxylic acids is 1. The van der Waals surface area contributed by atoms with Gasteiger partial charge < -0.3 is 25.4 Å². The van der Waals surface area contributed by atoms with Gasteiger partial charge in [-0.3, -0.25) is 9.59 Å². The largest absolute Gasteiger partial charge is 0.481 e. The van der Waals surface area contributed by atoms with Gasteiger partial charge in [-0.1, -0.05) is 48.5 Å². The van der Waals surface area contributed by atoms with E-state index in [9.17, 15) is 19.5 Å².